The maximum Gasteiger partial charge on any atom is 0.406 e. The van der Waals surface area contributed by atoms with Crippen molar-refractivity contribution in [1.82, 2.24) is 5.09 Å². The normalized spacial score (nSPS) is 16.3. The number of hydrogen-bond donors (Lipinski definition) is 3. The summed E-state index contributed by atoms with van der Waals surface area (Å²) in [5.41, 5.74) is 0.968. The third-order valence-electron chi connectivity index (χ3n) is 4.33. The van der Waals surface area contributed by atoms with Gasteiger partial charge in [0, 0.05) is 0 Å². The number of carbonyl (C=O) groups is 2. The summed E-state index contributed by atoms with van der Waals surface area (Å²) >= 11 is 0. The number of nitrogens with one attached hydrogen (secondary N) is 1. The highest BCUT2D eigenvalue weighted by atomic mass is 31.2. The van der Waals surface area contributed by atoms with Crippen molar-refractivity contribution in [2.24, 2.45) is 0 Å². The fourth-order valence-electron chi connectivity index (χ4n) is 2.86. The van der Waals surface area contributed by atoms with Crippen LogP contribution in [-0.4, -0.2) is 59.6 Å². The number of esters is 2. The van der Waals surface area contributed by atoms with Crippen LogP contribution in [0.1, 0.15) is 58.5 Å². The van der Waals surface area contributed by atoms with Gasteiger partial charge in [-0.2, -0.15) is 0 Å². The Hall–Kier alpha value is -1.62. The van der Waals surface area contributed by atoms with Gasteiger partial charge in [0.1, 0.15) is 5.78 Å². The van der Waals surface area contributed by atoms with Crippen LogP contribution in [0.15, 0.2) is 24.3 Å². The van der Waals surface area contributed by atoms with Gasteiger partial charge >= 0.3 is 27.3 Å². The minimum absolute atomic E-state index is 0.0510. The topological polar surface area (TPSA) is 167 Å². The van der Waals surface area contributed by atoms with Crippen molar-refractivity contribution in [1.29, 1.82) is 0 Å². The number of aliphatic hydroxyl groups excluding tert-OH is 1. The molecule has 0 bridgehead atoms. The predicted octanol–water partition coefficient (Wildman–Crippen LogP) is 3.60. The molecule has 0 aliphatic carbocycles. The maximum atomic E-state index is 13.6. The molecule has 0 amide bonds. The van der Waals surface area contributed by atoms with Crippen LogP contribution in [0, 0.1) is 6.92 Å². The van der Waals surface area contributed by atoms with Gasteiger partial charge in [0.05, 0.1) is 25.4 Å². The zero-order chi connectivity index (χ0) is 27.7. The Balaban J connectivity index is 3.50. The Kier molecular flexibility index (Phi) is 12.9. The second-order valence-electron chi connectivity index (χ2n) is 8.28. The molecular formula is C22H37NO11P2. The molecule has 3 N–H and O–H groups in total. The monoisotopic (exact) mass is 553 g/mol. The molecule has 0 spiro atoms. The van der Waals surface area contributed by atoms with Crippen LogP contribution in [0.4, 0.5) is 0 Å². The molecule has 0 saturated heterocycles. The van der Waals surface area contributed by atoms with Gasteiger partial charge in [0.25, 0.3) is 0 Å². The average molecular weight is 553 g/mol. The Morgan fingerprint density at radius 1 is 0.917 bits per heavy atom. The SMILES string of the molecule is CCOP(=O)(N[C@H](c1ccc(C)cc1)P(=O)(O)O[C@@H](C(=O)OC(C)C)[C@@H](O)C(=O)OC(C)C)OCC. The van der Waals surface area contributed by atoms with Crippen molar-refractivity contribution in [2.75, 3.05) is 13.2 Å². The van der Waals surface area contributed by atoms with Crippen molar-refractivity contribution < 1.29 is 51.8 Å². The molecule has 206 valence electrons. The number of aryl methyl sites for hydroxylation is 1. The van der Waals surface area contributed by atoms with Gasteiger partial charge in [0.15, 0.2) is 6.10 Å². The first-order valence-electron chi connectivity index (χ1n) is 11.5. The molecular weight excluding hydrogens is 516 g/mol. The fourth-order valence-corrected chi connectivity index (χ4v) is 6.42. The number of hydrogen-bond acceptors (Lipinski definition) is 10. The lowest BCUT2D eigenvalue weighted by Crippen LogP contribution is -2.44. The minimum Gasteiger partial charge on any atom is -0.461 e. The van der Waals surface area contributed by atoms with E-state index >= 15 is 0 Å². The quantitative estimate of drug-likeness (QED) is 0.214. The second kappa shape index (κ2) is 14.4. The lowest BCUT2D eigenvalue weighted by molar-refractivity contribution is -0.175. The summed E-state index contributed by atoms with van der Waals surface area (Å²) in [4.78, 5) is 36.0. The number of aliphatic hydroxyl groups is 1. The molecule has 0 saturated carbocycles. The van der Waals surface area contributed by atoms with E-state index in [0.29, 0.717) is 0 Å². The first-order valence-corrected chi connectivity index (χ1v) is 14.7. The lowest BCUT2D eigenvalue weighted by Gasteiger charge is -2.30. The van der Waals surface area contributed by atoms with Crippen LogP contribution in [0.25, 0.3) is 0 Å². The maximum absolute atomic E-state index is 13.6. The standard InChI is InChI=1S/C22H37NO11P2/c1-8-30-36(29,31-9-2)23-20(17-12-10-16(7)11-13-17)35(27,28)34-19(22(26)33-15(5)6)18(24)21(25)32-14(3)4/h10-15,18-20,24H,8-9H2,1-7H3,(H,23,29)(H,27,28)/t18-,19-,20+/m1/s1. The van der Waals surface area contributed by atoms with Crippen molar-refractivity contribution in [3.8, 4) is 0 Å². The highest BCUT2D eigenvalue weighted by Crippen LogP contribution is 2.61. The molecule has 1 rings (SSSR count). The van der Waals surface area contributed by atoms with Crippen LogP contribution in [0.3, 0.4) is 0 Å². The fraction of sp³-hybridized carbons (Fsp3) is 0.636. The van der Waals surface area contributed by atoms with E-state index < -0.39 is 57.5 Å². The Bertz CT molecular complexity index is 942. The van der Waals surface area contributed by atoms with Crippen molar-refractivity contribution >= 4 is 27.3 Å². The Morgan fingerprint density at radius 2 is 1.39 bits per heavy atom. The van der Waals surface area contributed by atoms with Crippen molar-refractivity contribution in [2.45, 2.75) is 78.7 Å². The molecule has 0 aromatic heterocycles. The van der Waals surface area contributed by atoms with Gasteiger partial charge in [-0.25, -0.2) is 19.2 Å². The smallest absolute Gasteiger partial charge is 0.406 e. The minimum atomic E-state index is -5.08. The number of carbonyl (C=O) groups excluding carboxylic acids is 2. The molecule has 1 aromatic carbocycles. The summed E-state index contributed by atoms with van der Waals surface area (Å²) in [5.74, 6) is -4.28. The third kappa shape index (κ3) is 10.0. The highest BCUT2D eigenvalue weighted by molar-refractivity contribution is 7.56. The van der Waals surface area contributed by atoms with Crippen LogP contribution in [0.5, 0.6) is 0 Å². The molecule has 4 atom stereocenters. The van der Waals surface area contributed by atoms with Crippen LogP contribution >= 0.6 is 15.3 Å². The van der Waals surface area contributed by atoms with Crippen molar-refractivity contribution in [3.05, 3.63) is 35.4 Å². The summed E-state index contributed by atoms with van der Waals surface area (Å²) in [5, 5.41) is 12.9. The highest BCUT2D eigenvalue weighted by Gasteiger charge is 2.47. The predicted molar refractivity (Wildman–Crippen MR) is 131 cm³/mol. The van der Waals surface area contributed by atoms with Gasteiger partial charge in [-0.3, -0.25) is 18.1 Å². The summed E-state index contributed by atoms with van der Waals surface area (Å²) in [6.45, 7) is 10.8. The number of rotatable bonds is 15. The van der Waals surface area contributed by atoms with Gasteiger partial charge in [-0.05, 0) is 54.0 Å². The van der Waals surface area contributed by atoms with E-state index in [4.69, 9.17) is 23.0 Å². The van der Waals surface area contributed by atoms with E-state index in [1.165, 1.54) is 39.8 Å². The molecule has 36 heavy (non-hydrogen) atoms. The molecule has 0 aliphatic rings. The molecule has 0 radical (unpaired) electrons. The number of ether oxygens (including phenoxy) is 2. The molecule has 0 aliphatic heterocycles. The van der Waals surface area contributed by atoms with Crippen molar-refractivity contribution in [3.63, 3.8) is 0 Å². The lowest BCUT2D eigenvalue weighted by atomic mass is 10.1. The van der Waals surface area contributed by atoms with Crippen LogP contribution < -0.4 is 5.09 Å². The van der Waals surface area contributed by atoms with E-state index in [1.54, 1.807) is 32.9 Å². The Morgan fingerprint density at radius 3 is 1.83 bits per heavy atom. The van der Waals surface area contributed by atoms with E-state index in [2.05, 4.69) is 5.09 Å². The van der Waals surface area contributed by atoms with E-state index in [0.717, 1.165) is 5.56 Å². The largest absolute Gasteiger partial charge is 0.461 e. The summed E-state index contributed by atoms with van der Waals surface area (Å²) in [7, 11) is -9.21. The summed E-state index contributed by atoms with van der Waals surface area (Å²) in [6, 6.07) is 6.23. The molecule has 12 nitrogen and oxygen atoms in total. The molecule has 14 heteroatoms. The zero-order valence-corrected chi connectivity index (χ0v) is 23.4. The molecule has 1 aromatic rings. The van der Waals surface area contributed by atoms with Gasteiger partial charge in [0.2, 0.25) is 6.10 Å². The molecule has 0 fully saturated rings. The second-order valence-corrected chi connectivity index (χ2v) is 11.9. The van der Waals surface area contributed by atoms with Gasteiger partial charge < -0.3 is 19.5 Å². The third-order valence-corrected chi connectivity index (χ3v) is 7.91. The number of benzene rings is 1. The van der Waals surface area contributed by atoms with Crippen LogP contribution in [0.2, 0.25) is 0 Å². The average Bonchev–Trinajstić information content (AvgIpc) is 2.75. The Labute approximate surface area is 211 Å². The molecule has 0 heterocycles. The van der Waals surface area contributed by atoms with Crippen LogP contribution in [-0.2, 0) is 41.8 Å². The van der Waals surface area contributed by atoms with Gasteiger partial charge in [-0.1, -0.05) is 29.8 Å². The van der Waals surface area contributed by atoms with E-state index in [-0.39, 0.29) is 18.8 Å². The zero-order valence-electron chi connectivity index (χ0n) is 21.6. The first-order chi connectivity index (χ1) is 16.7. The van der Waals surface area contributed by atoms with E-state index in [1.807, 2.05) is 0 Å². The summed E-state index contributed by atoms with van der Waals surface area (Å²) < 4.78 is 52.3. The summed E-state index contributed by atoms with van der Waals surface area (Å²) in [6.07, 6.45) is -5.87. The first kappa shape index (κ1) is 32.4. The van der Waals surface area contributed by atoms with E-state index in [9.17, 15) is 28.7 Å². The molecule has 1 unspecified atom stereocenters. The van der Waals surface area contributed by atoms with Gasteiger partial charge in [-0.15, -0.1) is 0 Å².